The SMILES string of the molecule is O=C1NC(=O)N2[C@H]3CC[C@@H]2[C@@H]1[C@@H](O)C3. The van der Waals surface area contributed by atoms with Crippen LogP contribution in [0.25, 0.3) is 0 Å². The van der Waals surface area contributed by atoms with Crippen molar-refractivity contribution in [1.82, 2.24) is 10.2 Å². The standard InChI is InChI=1S/C9H12N2O3/c12-6-3-4-1-2-5-7(6)8(13)10-9(14)11(4)5/h4-7,12H,1-3H2,(H,10,13,14)/t4-,5+,6-,7+/m0/s1. The van der Waals surface area contributed by atoms with Crippen molar-refractivity contribution in [2.45, 2.75) is 37.5 Å². The van der Waals surface area contributed by atoms with Crippen LogP contribution in [0.2, 0.25) is 0 Å². The fourth-order valence-electron chi connectivity index (χ4n) is 3.10. The molecule has 3 aliphatic heterocycles. The molecule has 5 nitrogen and oxygen atoms in total. The molecule has 0 saturated carbocycles. The first kappa shape index (κ1) is 8.23. The molecule has 3 heterocycles. The van der Waals surface area contributed by atoms with E-state index in [1.54, 1.807) is 4.90 Å². The summed E-state index contributed by atoms with van der Waals surface area (Å²) >= 11 is 0. The molecule has 3 fully saturated rings. The van der Waals surface area contributed by atoms with Gasteiger partial charge in [-0.3, -0.25) is 10.1 Å². The Bertz CT molecular complexity index is 317. The second kappa shape index (κ2) is 2.48. The molecule has 76 valence electrons. The van der Waals surface area contributed by atoms with Gasteiger partial charge in [0.05, 0.1) is 12.0 Å². The van der Waals surface area contributed by atoms with Gasteiger partial charge in [0.25, 0.3) is 0 Å². The van der Waals surface area contributed by atoms with Gasteiger partial charge < -0.3 is 10.0 Å². The average Bonchev–Trinajstić information content (AvgIpc) is 2.41. The summed E-state index contributed by atoms with van der Waals surface area (Å²) in [6, 6.07) is -0.185. The highest BCUT2D eigenvalue weighted by Gasteiger charge is 2.55. The number of nitrogens with zero attached hydrogens (tertiary/aromatic N) is 1. The molecular formula is C9H12N2O3. The monoisotopic (exact) mass is 196 g/mol. The van der Waals surface area contributed by atoms with Crippen molar-refractivity contribution < 1.29 is 14.7 Å². The maximum Gasteiger partial charge on any atom is 0.324 e. The highest BCUT2D eigenvalue weighted by atomic mass is 16.3. The van der Waals surface area contributed by atoms with Gasteiger partial charge in [-0.1, -0.05) is 0 Å². The second-order valence-electron chi connectivity index (χ2n) is 4.33. The minimum atomic E-state index is -0.572. The summed E-state index contributed by atoms with van der Waals surface area (Å²) in [5, 5.41) is 12.1. The molecule has 4 atom stereocenters. The van der Waals surface area contributed by atoms with Gasteiger partial charge in [0.15, 0.2) is 0 Å². The van der Waals surface area contributed by atoms with Crippen molar-refractivity contribution >= 4 is 11.9 Å². The number of imide groups is 1. The van der Waals surface area contributed by atoms with Crippen LogP contribution in [-0.4, -0.2) is 40.1 Å². The lowest BCUT2D eigenvalue weighted by Gasteiger charge is -2.45. The van der Waals surface area contributed by atoms with Crippen LogP contribution in [0.5, 0.6) is 0 Å². The van der Waals surface area contributed by atoms with E-state index in [9.17, 15) is 14.7 Å². The van der Waals surface area contributed by atoms with Gasteiger partial charge >= 0.3 is 6.03 Å². The Kier molecular flexibility index (Phi) is 1.45. The van der Waals surface area contributed by atoms with Crippen LogP contribution in [-0.2, 0) is 4.79 Å². The Hall–Kier alpha value is -1.10. The molecule has 14 heavy (non-hydrogen) atoms. The van der Waals surface area contributed by atoms with Gasteiger partial charge in [-0.15, -0.1) is 0 Å². The zero-order chi connectivity index (χ0) is 9.87. The van der Waals surface area contributed by atoms with E-state index in [0.717, 1.165) is 12.8 Å². The Morgan fingerprint density at radius 1 is 1.36 bits per heavy atom. The van der Waals surface area contributed by atoms with Gasteiger partial charge in [0.2, 0.25) is 5.91 Å². The molecule has 0 spiro atoms. The van der Waals surface area contributed by atoms with E-state index in [4.69, 9.17) is 0 Å². The summed E-state index contributed by atoms with van der Waals surface area (Å²) in [5.41, 5.74) is 0. The van der Waals surface area contributed by atoms with E-state index in [2.05, 4.69) is 5.32 Å². The molecule has 4 bridgehead atoms. The Balaban J connectivity index is 2.03. The van der Waals surface area contributed by atoms with Crippen LogP contribution in [0.3, 0.4) is 0 Å². The second-order valence-corrected chi connectivity index (χ2v) is 4.33. The number of piperidine rings is 1. The van der Waals surface area contributed by atoms with Crippen molar-refractivity contribution in [3.63, 3.8) is 0 Å². The highest BCUT2D eigenvalue weighted by Crippen LogP contribution is 2.41. The number of carbonyl (C=O) groups is 2. The van der Waals surface area contributed by atoms with Crippen LogP contribution in [0.4, 0.5) is 4.79 Å². The van der Waals surface area contributed by atoms with Crippen molar-refractivity contribution in [2.24, 2.45) is 5.92 Å². The number of carbonyl (C=O) groups excluding carboxylic acids is 2. The first-order valence-electron chi connectivity index (χ1n) is 4.99. The first-order valence-corrected chi connectivity index (χ1v) is 4.99. The van der Waals surface area contributed by atoms with Gasteiger partial charge in [-0.25, -0.2) is 4.79 Å². The first-order chi connectivity index (χ1) is 6.68. The van der Waals surface area contributed by atoms with Gasteiger partial charge in [0.1, 0.15) is 0 Å². The van der Waals surface area contributed by atoms with Crippen molar-refractivity contribution in [2.75, 3.05) is 0 Å². The summed E-state index contributed by atoms with van der Waals surface area (Å²) in [7, 11) is 0. The summed E-state index contributed by atoms with van der Waals surface area (Å²) < 4.78 is 0. The van der Waals surface area contributed by atoms with Crippen molar-refractivity contribution in [3.05, 3.63) is 0 Å². The fraction of sp³-hybridized carbons (Fsp3) is 0.778. The third-order valence-electron chi connectivity index (χ3n) is 3.66. The molecule has 0 aliphatic carbocycles. The van der Waals surface area contributed by atoms with E-state index in [1.807, 2.05) is 0 Å². The lowest BCUT2D eigenvalue weighted by atomic mass is 9.85. The highest BCUT2D eigenvalue weighted by molar-refractivity contribution is 5.99. The molecule has 0 aromatic rings. The van der Waals surface area contributed by atoms with Gasteiger partial charge in [-0.2, -0.15) is 0 Å². The van der Waals surface area contributed by atoms with E-state index in [0.29, 0.717) is 6.42 Å². The number of rotatable bonds is 0. The zero-order valence-corrected chi connectivity index (χ0v) is 7.64. The lowest BCUT2D eigenvalue weighted by molar-refractivity contribution is -0.136. The number of urea groups is 1. The van der Waals surface area contributed by atoms with Crippen molar-refractivity contribution in [1.29, 1.82) is 0 Å². The maximum atomic E-state index is 11.5. The van der Waals surface area contributed by atoms with Crippen LogP contribution in [0.15, 0.2) is 0 Å². The minimum absolute atomic E-state index is 0.0509. The van der Waals surface area contributed by atoms with E-state index >= 15 is 0 Å². The molecule has 0 radical (unpaired) electrons. The number of hydrogen-bond acceptors (Lipinski definition) is 3. The molecule has 3 amide bonds. The molecule has 3 saturated heterocycles. The summed E-state index contributed by atoms with van der Waals surface area (Å²) in [5.74, 6) is -0.699. The number of aliphatic hydroxyl groups is 1. The molecule has 0 unspecified atom stereocenters. The Morgan fingerprint density at radius 3 is 2.93 bits per heavy atom. The number of amides is 3. The topological polar surface area (TPSA) is 69.6 Å². The summed E-state index contributed by atoms with van der Waals surface area (Å²) in [4.78, 5) is 24.7. The Morgan fingerprint density at radius 2 is 2.14 bits per heavy atom. The molecular weight excluding hydrogens is 184 g/mol. The van der Waals surface area contributed by atoms with E-state index in [-0.39, 0.29) is 24.0 Å². The van der Waals surface area contributed by atoms with E-state index in [1.165, 1.54) is 0 Å². The fourth-order valence-corrected chi connectivity index (χ4v) is 3.10. The largest absolute Gasteiger partial charge is 0.392 e. The third kappa shape index (κ3) is 0.829. The van der Waals surface area contributed by atoms with Crippen LogP contribution >= 0.6 is 0 Å². The Labute approximate surface area is 81.1 Å². The molecule has 0 aromatic carbocycles. The third-order valence-corrected chi connectivity index (χ3v) is 3.66. The van der Waals surface area contributed by atoms with Crippen LogP contribution in [0.1, 0.15) is 19.3 Å². The predicted molar refractivity (Wildman–Crippen MR) is 46.3 cm³/mol. The molecule has 3 aliphatic rings. The zero-order valence-electron chi connectivity index (χ0n) is 7.64. The molecule has 0 aromatic heterocycles. The normalized spacial score (nSPS) is 45.4. The quantitative estimate of drug-likeness (QED) is 0.546. The van der Waals surface area contributed by atoms with Crippen molar-refractivity contribution in [3.8, 4) is 0 Å². The van der Waals surface area contributed by atoms with E-state index < -0.39 is 12.0 Å². The summed E-state index contributed by atoms with van der Waals surface area (Å²) in [6.07, 6.45) is 1.75. The van der Waals surface area contributed by atoms with Gasteiger partial charge in [0, 0.05) is 12.1 Å². The lowest BCUT2D eigenvalue weighted by Crippen LogP contribution is -2.66. The summed E-state index contributed by atoms with van der Waals surface area (Å²) in [6.45, 7) is 0. The number of aliphatic hydroxyl groups excluding tert-OH is 1. The molecule has 2 N–H and O–H groups in total. The molecule has 5 heteroatoms. The smallest absolute Gasteiger partial charge is 0.324 e. The van der Waals surface area contributed by atoms with Crippen LogP contribution in [0, 0.1) is 5.92 Å². The average molecular weight is 196 g/mol. The maximum absolute atomic E-state index is 11.5. The molecule has 3 rings (SSSR count). The number of hydrogen-bond donors (Lipinski definition) is 2. The predicted octanol–water partition coefficient (Wildman–Crippen LogP) is -0.550. The van der Waals surface area contributed by atoms with Crippen LogP contribution < -0.4 is 5.32 Å². The number of nitrogens with one attached hydrogen (secondary N) is 1. The minimum Gasteiger partial charge on any atom is -0.392 e. The van der Waals surface area contributed by atoms with Gasteiger partial charge in [-0.05, 0) is 19.3 Å².